The number of fused-ring (bicyclic) bond motifs is 1. The first-order valence-electron chi connectivity index (χ1n) is 10.9. The quantitative estimate of drug-likeness (QED) is 0.286. The number of anilines is 2. The van der Waals surface area contributed by atoms with Gasteiger partial charge in [0, 0.05) is 32.0 Å². The highest BCUT2D eigenvalue weighted by Crippen LogP contribution is 2.39. The van der Waals surface area contributed by atoms with Gasteiger partial charge in [-0.15, -0.1) is 23.7 Å². The van der Waals surface area contributed by atoms with E-state index in [1.807, 2.05) is 13.0 Å². The smallest absolute Gasteiger partial charge is 0.224 e. The molecular weight excluding hydrogens is 480 g/mol. The van der Waals surface area contributed by atoms with Crippen molar-refractivity contribution in [1.82, 2.24) is 19.9 Å². The van der Waals surface area contributed by atoms with E-state index in [9.17, 15) is 15.3 Å². The fourth-order valence-corrected chi connectivity index (χ4v) is 5.17. The molecule has 0 aliphatic heterocycles. The van der Waals surface area contributed by atoms with E-state index in [1.54, 1.807) is 33.4 Å². The molecule has 12 heteroatoms. The molecule has 0 aromatic carbocycles. The normalized spacial score (nSPS) is 22.6. The minimum Gasteiger partial charge on any atom is -0.390 e. The Balaban J connectivity index is 0.00000324. The van der Waals surface area contributed by atoms with Gasteiger partial charge in [-0.1, -0.05) is 0 Å². The predicted molar refractivity (Wildman–Crippen MR) is 135 cm³/mol. The van der Waals surface area contributed by atoms with E-state index >= 15 is 0 Å². The molecule has 3 aromatic rings. The molecule has 3 aromatic heterocycles. The summed E-state index contributed by atoms with van der Waals surface area (Å²) < 4.78 is 6.08. The van der Waals surface area contributed by atoms with Crippen molar-refractivity contribution in [2.45, 2.75) is 51.0 Å². The second kappa shape index (κ2) is 10.6. The van der Waals surface area contributed by atoms with Crippen LogP contribution in [0.2, 0.25) is 0 Å². The second-order valence-corrected chi connectivity index (χ2v) is 9.90. The molecule has 186 valence electrons. The Morgan fingerprint density at radius 2 is 1.97 bits per heavy atom. The zero-order chi connectivity index (χ0) is 23.8. The largest absolute Gasteiger partial charge is 0.390 e. The number of hydrogen-bond donors (Lipinski definition) is 5. The molecule has 0 unspecified atom stereocenters. The van der Waals surface area contributed by atoms with Gasteiger partial charge < -0.3 is 30.7 Å². The fraction of sp³-hybridized carbons (Fsp3) is 0.545. The van der Waals surface area contributed by atoms with Crippen LogP contribution in [0.4, 0.5) is 11.8 Å². The van der Waals surface area contributed by atoms with Gasteiger partial charge in [-0.25, -0.2) is 9.97 Å². The zero-order valence-electron chi connectivity index (χ0n) is 19.5. The van der Waals surface area contributed by atoms with Crippen LogP contribution in [0.1, 0.15) is 26.0 Å². The summed E-state index contributed by atoms with van der Waals surface area (Å²) in [4.78, 5) is 18.1. The summed E-state index contributed by atoms with van der Waals surface area (Å²) in [7, 11) is 1.62. The number of aryl methyl sites for hydroxylation is 1. The molecule has 0 amide bonds. The summed E-state index contributed by atoms with van der Waals surface area (Å²) in [5, 5.41) is 38.8. The summed E-state index contributed by atoms with van der Waals surface area (Å²) in [6.07, 6.45) is 1.71. The van der Waals surface area contributed by atoms with Crippen LogP contribution in [0.25, 0.3) is 20.8 Å². The van der Waals surface area contributed by atoms with Crippen molar-refractivity contribution in [3.63, 3.8) is 0 Å². The number of aromatic nitrogens is 4. The Labute approximate surface area is 208 Å². The van der Waals surface area contributed by atoms with Gasteiger partial charge in [0.05, 0.1) is 40.3 Å². The van der Waals surface area contributed by atoms with E-state index in [-0.39, 0.29) is 12.4 Å². The summed E-state index contributed by atoms with van der Waals surface area (Å²) in [5.74, 6) is 0.414. The third kappa shape index (κ3) is 5.40. The van der Waals surface area contributed by atoms with E-state index in [0.29, 0.717) is 36.9 Å². The first-order valence-corrected chi connectivity index (χ1v) is 11.7. The van der Waals surface area contributed by atoms with Gasteiger partial charge in [0.25, 0.3) is 0 Å². The summed E-state index contributed by atoms with van der Waals surface area (Å²) in [5.41, 5.74) is 1.21. The highest BCUT2D eigenvalue weighted by Gasteiger charge is 2.47. The van der Waals surface area contributed by atoms with Crippen molar-refractivity contribution >= 4 is 45.7 Å². The topological polar surface area (TPSA) is 146 Å². The minimum absolute atomic E-state index is 0. The number of methoxy groups -OCH3 is 1. The van der Waals surface area contributed by atoms with Gasteiger partial charge in [-0.2, -0.15) is 4.98 Å². The van der Waals surface area contributed by atoms with Crippen molar-refractivity contribution in [1.29, 1.82) is 0 Å². The molecule has 3 heterocycles. The Morgan fingerprint density at radius 1 is 1.21 bits per heavy atom. The zero-order valence-corrected chi connectivity index (χ0v) is 21.2. The van der Waals surface area contributed by atoms with Crippen molar-refractivity contribution < 1.29 is 20.1 Å². The maximum absolute atomic E-state index is 10.7. The van der Waals surface area contributed by atoms with Gasteiger partial charge >= 0.3 is 0 Å². The Morgan fingerprint density at radius 3 is 2.62 bits per heavy atom. The highest BCUT2D eigenvalue weighted by molar-refractivity contribution is 7.21. The molecule has 34 heavy (non-hydrogen) atoms. The van der Waals surface area contributed by atoms with E-state index in [2.05, 4.69) is 25.6 Å². The van der Waals surface area contributed by atoms with Crippen LogP contribution < -0.4 is 10.6 Å². The number of thiazole rings is 1. The van der Waals surface area contributed by atoms with Gasteiger partial charge in [0.2, 0.25) is 5.95 Å². The van der Waals surface area contributed by atoms with Crippen LogP contribution in [0.5, 0.6) is 0 Å². The average molecular weight is 511 g/mol. The van der Waals surface area contributed by atoms with Crippen LogP contribution >= 0.6 is 23.7 Å². The SMILES string of the molecule is COCCNc1ncc(-c2nc3c(C)nccc3s2)c(N[C@@H]2C[C@H](C(C)(C)O)[C@@H](O)[C@H]2O)n1.Cl. The number of aliphatic hydroxyl groups is 3. The lowest BCUT2D eigenvalue weighted by Gasteiger charge is -2.28. The molecule has 0 bridgehead atoms. The maximum Gasteiger partial charge on any atom is 0.224 e. The molecule has 1 aliphatic carbocycles. The average Bonchev–Trinajstić information content (AvgIpc) is 3.32. The Bertz CT molecular complexity index is 1120. The number of nitrogens with one attached hydrogen (secondary N) is 2. The third-order valence-corrected chi connectivity index (χ3v) is 7.06. The molecule has 1 saturated carbocycles. The number of halogens is 1. The fourth-order valence-electron chi connectivity index (χ4n) is 4.15. The molecule has 1 fully saturated rings. The number of hydrogen-bond acceptors (Lipinski definition) is 11. The predicted octanol–water partition coefficient (Wildman–Crippen LogP) is 2.23. The van der Waals surface area contributed by atoms with E-state index in [4.69, 9.17) is 9.72 Å². The molecule has 0 saturated heterocycles. The molecule has 4 rings (SSSR count). The summed E-state index contributed by atoms with van der Waals surface area (Å²) in [6, 6.07) is 1.41. The lowest BCUT2D eigenvalue weighted by molar-refractivity contribution is -0.0601. The van der Waals surface area contributed by atoms with E-state index in [1.165, 1.54) is 11.3 Å². The number of aliphatic hydroxyl groups excluding tert-OH is 2. The molecular formula is C22H31ClN6O4S. The molecule has 5 N–H and O–H groups in total. The van der Waals surface area contributed by atoms with E-state index < -0.39 is 29.8 Å². The molecule has 10 nitrogen and oxygen atoms in total. The molecule has 0 spiro atoms. The van der Waals surface area contributed by atoms with Gasteiger partial charge in [-0.05, 0) is 33.3 Å². The van der Waals surface area contributed by atoms with Gasteiger partial charge in [0.1, 0.15) is 22.4 Å². The molecule has 4 atom stereocenters. The van der Waals surface area contributed by atoms with Crippen molar-refractivity contribution in [3.8, 4) is 10.6 Å². The van der Waals surface area contributed by atoms with Gasteiger partial charge in [-0.3, -0.25) is 4.98 Å². The van der Waals surface area contributed by atoms with E-state index in [0.717, 1.165) is 20.9 Å². The van der Waals surface area contributed by atoms with Crippen LogP contribution in [-0.2, 0) is 4.74 Å². The number of nitrogens with zero attached hydrogens (tertiary/aromatic N) is 4. The number of rotatable bonds is 8. The highest BCUT2D eigenvalue weighted by atomic mass is 35.5. The summed E-state index contributed by atoms with van der Waals surface area (Å²) in [6.45, 7) is 6.23. The Kier molecular flexibility index (Phi) is 8.27. The third-order valence-electron chi connectivity index (χ3n) is 6.01. The minimum atomic E-state index is -1.13. The number of ether oxygens (including phenoxy) is 1. The molecule has 1 aliphatic rings. The van der Waals surface area contributed by atoms with Crippen LogP contribution in [-0.4, -0.2) is 79.4 Å². The maximum atomic E-state index is 10.7. The standard InChI is InChI=1S/C22H30N6O4S.ClH/c1-11-16-15(5-6-23-11)33-20(27-16)12-10-25-21(24-7-8-32-4)28-19(12)26-14-9-13(22(2,3)31)17(29)18(14)30;/h5-6,10,13-14,17-18,29-31H,7-9H2,1-4H3,(H2,24,25,26,28);1H/t13-,14+,17+,18-;/m0./s1. The Hall–Kier alpha value is -2.15. The lowest BCUT2D eigenvalue weighted by atomic mass is 9.88. The first-order chi connectivity index (χ1) is 15.7. The first kappa shape index (κ1) is 26.5. The van der Waals surface area contributed by atoms with Crippen LogP contribution in [0.15, 0.2) is 18.5 Å². The van der Waals surface area contributed by atoms with Crippen LogP contribution in [0.3, 0.4) is 0 Å². The number of pyridine rings is 1. The van der Waals surface area contributed by atoms with Crippen molar-refractivity contribution in [2.24, 2.45) is 5.92 Å². The van der Waals surface area contributed by atoms with Crippen molar-refractivity contribution in [3.05, 3.63) is 24.2 Å². The lowest BCUT2D eigenvalue weighted by Crippen LogP contribution is -2.40. The molecule has 0 radical (unpaired) electrons. The monoisotopic (exact) mass is 510 g/mol. The summed E-state index contributed by atoms with van der Waals surface area (Å²) >= 11 is 1.51. The van der Waals surface area contributed by atoms with Gasteiger partial charge in [0.15, 0.2) is 0 Å². The second-order valence-electron chi connectivity index (χ2n) is 8.87. The van der Waals surface area contributed by atoms with Crippen molar-refractivity contribution in [2.75, 3.05) is 30.9 Å². The van der Waals surface area contributed by atoms with Crippen LogP contribution in [0, 0.1) is 12.8 Å².